The highest BCUT2D eigenvalue weighted by atomic mass is 32.2. The highest BCUT2D eigenvalue weighted by Gasteiger charge is 2.31. The topological polar surface area (TPSA) is 60.9 Å². The third kappa shape index (κ3) is 4.03. The van der Waals surface area contributed by atoms with Gasteiger partial charge in [-0.3, -0.25) is 0 Å². The molecule has 0 radical (unpaired) electrons. The molecule has 6 heteroatoms. The van der Waals surface area contributed by atoms with Gasteiger partial charge in [-0.15, -0.1) is 0 Å². The van der Waals surface area contributed by atoms with Gasteiger partial charge in [0.15, 0.2) is 0 Å². The summed E-state index contributed by atoms with van der Waals surface area (Å²) in [6.45, 7) is 3.87. The van der Waals surface area contributed by atoms with Crippen LogP contribution in [0.2, 0.25) is 0 Å². The number of aliphatic hydroxyl groups excluding tert-OH is 1. The first-order chi connectivity index (χ1) is 10.1. The van der Waals surface area contributed by atoms with Crippen LogP contribution in [0, 0.1) is 5.92 Å². The molecule has 0 unspecified atom stereocenters. The number of nitrogens with zero attached hydrogens (tertiary/aromatic N) is 2. The smallest absolute Gasteiger partial charge is 0.282 e. The van der Waals surface area contributed by atoms with E-state index in [-0.39, 0.29) is 12.5 Å². The Morgan fingerprint density at radius 1 is 1.24 bits per heavy atom. The number of aliphatic hydroxyl groups is 1. The van der Waals surface area contributed by atoms with Crippen LogP contribution in [0.4, 0.5) is 0 Å². The van der Waals surface area contributed by atoms with E-state index in [1.165, 1.54) is 4.31 Å². The lowest BCUT2D eigenvalue weighted by Crippen LogP contribution is -2.47. The summed E-state index contributed by atoms with van der Waals surface area (Å²) in [6.07, 6.45) is 1.47. The summed E-state index contributed by atoms with van der Waals surface area (Å²) < 4.78 is 28.5. The van der Waals surface area contributed by atoms with E-state index in [1.807, 2.05) is 37.3 Å². The molecule has 0 amide bonds. The van der Waals surface area contributed by atoms with Crippen LogP contribution in [0.3, 0.4) is 0 Å². The number of rotatable bonds is 6. The quantitative estimate of drug-likeness (QED) is 0.865. The Labute approximate surface area is 127 Å². The van der Waals surface area contributed by atoms with Crippen LogP contribution < -0.4 is 0 Å². The van der Waals surface area contributed by atoms with Crippen molar-refractivity contribution in [1.29, 1.82) is 0 Å². The molecule has 1 aliphatic rings. The van der Waals surface area contributed by atoms with E-state index in [4.69, 9.17) is 5.11 Å². The molecule has 0 saturated carbocycles. The maximum Gasteiger partial charge on any atom is 0.282 e. The first kappa shape index (κ1) is 16.4. The summed E-state index contributed by atoms with van der Waals surface area (Å²) >= 11 is 0. The highest BCUT2D eigenvalue weighted by Crippen LogP contribution is 2.22. The molecular formula is C15H24N2O3S. The van der Waals surface area contributed by atoms with Crippen LogP contribution in [-0.2, 0) is 16.8 Å². The summed E-state index contributed by atoms with van der Waals surface area (Å²) in [5, 5.41) is 9.15. The summed E-state index contributed by atoms with van der Waals surface area (Å²) in [6, 6.07) is 9.64. The van der Waals surface area contributed by atoms with Crippen LogP contribution in [0.5, 0.6) is 0 Å². The Balaban J connectivity index is 2.06. The van der Waals surface area contributed by atoms with Gasteiger partial charge >= 0.3 is 0 Å². The standard InChI is InChI=1S/C15H24N2O3S/c1-2-16(12-14-6-4-3-5-7-14)21(19,20)17-10-8-15(13-18)9-11-17/h3-7,15,18H,2,8-13H2,1H3. The molecule has 1 N–H and O–H groups in total. The van der Waals surface area contributed by atoms with Gasteiger partial charge in [-0.1, -0.05) is 37.3 Å². The molecule has 21 heavy (non-hydrogen) atoms. The lowest BCUT2D eigenvalue weighted by atomic mass is 10.00. The average Bonchev–Trinajstić information content (AvgIpc) is 2.53. The highest BCUT2D eigenvalue weighted by molar-refractivity contribution is 7.86. The van der Waals surface area contributed by atoms with Gasteiger partial charge in [-0.25, -0.2) is 0 Å². The van der Waals surface area contributed by atoms with Gasteiger partial charge < -0.3 is 5.11 Å². The average molecular weight is 312 g/mol. The van der Waals surface area contributed by atoms with Crippen LogP contribution in [0.1, 0.15) is 25.3 Å². The predicted octanol–water partition coefficient (Wildman–Crippen LogP) is 1.46. The third-order valence-electron chi connectivity index (χ3n) is 4.04. The molecule has 2 rings (SSSR count). The zero-order valence-electron chi connectivity index (χ0n) is 12.5. The van der Waals surface area contributed by atoms with Gasteiger partial charge in [0, 0.05) is 32.8 Å². The lowest BCUT2D eigenvalue weighted by molar-refractivity contribution is 0.166. The minimum atomic E-state index is -3.42. The fourth-order valence-corrected chi connectivity index (χ4v) is 4.27. The first-order valence-electron chi connectivity index (χ1n) is 7.48. The molecule has 0 bridgehead atoms. The Morgan fingerprint density at radius 2 is 1.86 bits per heavy atom. The molecule has 1 aliphatic heterocycles. The van der Waals surface area contributed by atoms with Crippen LogP contribution in [0.25, 0.3) is 0 Å². The largest absolute Gasteiger partial charge is 0.396 e. The second-order valence-electron chi connectivity index (χ2n) is 5.44. The van der Waals surface area contributed by atoms with Crippen molar-refractivity contribution in [3.63, 3.8) is 0 Å². The summed E-state index contributed by atoms with van der Waals surface area (Å²) in [5.41, 5.74) is 0.994. The van der Waals surface area contributed by atoms with E-state index < -0.39 is 10.2 Å². The van der Waals surface area contributed by atoms with Gasteiger partial charge in [0.1, 0.15) is 0 Å². The van der Waals surface area contributed by atoms with Gasteiger partial charge in [-0.2, -0.15) is 17.0 Å². The Hall–Kier alpha value is -0.950. The maximum atomic E-state index is 12.7. The maximum absolute atomic E-state index is 12.7. The van der Waals surface area contributed by atoms with Gasteiger partial charge in [0.2, 0.25) is 0 Å². The Morgan fingerprint density at radius 3 is 2.38 bits per heavy atom. The van der Waals surface area contributed by atoms with E-state index >= 15 is 0 Å². The van der Waals surface area contributed by atoms with Crippen LogP contribution in [0.15, 0.2) is 30.3 Å². The molecule has 0 aliphatic carbocycles. The first-order valence-corrected chi connectivity index (χ1v) is 8.87. The van der Waals surface area contributed by atoms with Crippen LogP contribution in [-0.4, -0.2) is 48.4 Å². The van der Waals surface area contributed by atoms with Crippen molar-refractivity contribution < 1.29 is 13.5 Å². The molecule has 1 heterocycles. The van der Waals surface area contributed by atoms with E-state index in [0.29, 0.717) is 26.2 Å². The fourth-order valence-electron chi connectivity index (χ4n) is 2.63. The molecule has 1 saturated heterocycles. The fraction of sp³-hybridized carbons (Fsp3) is 0.600. The molecule has 118 valence electrons. The van der Waals surface area contributed by atoms with Gasteiger partial charge in [0.25, 0.3) is 10.2 Å². The van der Waals surface area contributed by atoms with Crippen molar-refractivity contribution in [2.24, 2.45) is 5.92 Å². The van der Waals surface area contributed by atoms with E-state index in [9.17, 15) is 8.42 Å². The van der Waals surface area contributed by atoms with E-state index in [1.54, 1.807) is 4.31 Å². The number of hydrogen-bond donors (Lipinski definition) is 1. The minimum absolute atomic E-state index is 0.148. The lowest BCUT2D eigenvalue weighted by Gasteiger charge is -2.34. The molecule has 1 aromatic carbocycles. The number of hydrogen-bond acceptors (Lipinski definition) is 3. The molecule has 0 aromatic heterocycles. The summed E-state index contributed by atoms with van der Waals surface area (Å²) in [7, 11) is -3.42. The van der Waals surface area contributed by atoms with E-state index in [2.05, 4.69) is 0 Å². The molecule has 5 nitrogen and oxygen atoms in total. The zero-order chi connectivity index (χ0) is 15.3. The number of piperidine rings is 1. The minimum Gasteiger partial charge on any atom is -0.396 e. The van der Waals surface area contributed by atoms with Gasteiger partial charge in [0.05, 0.1) is 0 Å². The van der Waals surface area contributed by atoms with Gasteiger partial charge in [-0.05, 0) is 24.3 Å². The Kier molecular flexibility index (Phi) is 5.75. The molecular weight excluding hydrogens is 288 g/mol. The van der Waals surface area contributed by atoms with E-state index in [0.717, 1.165) is 18.4 Å². The normalized spacial score (nSPS) is 18.2. The van der Waals surface area contributed by atoms with Crippen molar-refractivity contribution in [1.82, 2.24) is 8.61 Å². The summed E-state index contributed by atoms with van der Waals surface area (Å²) in [5.74, 6) is 0.237. The van der Waals surface area contributed by atoms with Crippen molar-refractivity contribution in [3.8, 4) is 0 Å². The van der Waals surface area contributed by atoms with Crippen LogP contribution >= 0.6 is 0 Å². The zero-order valence-corrected chi connectivity index (χ0v) is 13.3. The molecule has 1 aromatic rings. The molecule has 1 fully saturated rings. The van der Waals surface area contributed by atoms with Crippen molar-refractivity contribution >= 4 is 10.2 Å². The SMILES string of the molecule is CCN(Cc1ccccc1)S(=O)(=O)N1CCC(CO)CC1. The second-order valence-corrected chi connectivity index (χ2v) is 7.37. The summed E-state index contributed by atoms with van der Waals surface area (Å²) in [4.78, 5) is 0. The monoisotopic (exact) mass is 312 g/mol. The molecule has 0 atom stereocenters. The van der Waals surface area contributed by atoms with Crippen molar-refractivity contribution in [2.75, 3.05) is 26.2 Å². The van der Waals surface area contributed by atoms with Crippen molar-refractivity contribution in [2.45, 2.75) is 26.3 Å². The van der Waals surface area contributed by atoms with Crippen molar-refractivity contribution in [3.05, 3.63) is 35.9 Å². The third-order valence-corrected chi connectivity index (χ3v) is 6.10. The second kappa shape index (κ2) is 7.35. The molecule has 0 spiro atoms. The number of benzene rings is 1. The predicted molar refractivity (Wildman–Crippen MR) is 82.8 cm³/mol. The Bertz CT molecular complexity index is 525.